The molecule has 3 nitrogen and oxygen atoms in total. The summed E-state index contributed by atoms with van der Waals surface area (Å²) in [5.41, 5.74) is 0. The van der Waals surface area contributed by atoms with Crippen molar-refractivity contribution in [2.24, 2.45) is 11.8 Å². The van der Waals surface area contributed by atoms with Gasteiger partial charge in [0.15, 0.2) is 0 Å². The topological polar surface area (TPSA) is 24.5 Å². The molecular formula is C14H28N2O. The van der Waals surface area contributed by atoms with Gasteiger partial charge in [-0.05, 0) is 51.6 Å². The molecule has 17 heavy (non-hydrogen) atoms. The molecule has 2 aliphatic rings. The first kappa shape index (κ1) is 13.3. The predicted octanol–water partition coefficient (Wildman–Crippen LogP) is 1.73. The van der Waals surface area contributed by atoms with Crippen LogP contribution in [0.15, 0.2) is 0 Å². The van der Waals surface area contributed by atoms with Crippen molar-refractivity contribution in [3.63, 3.8) is 0 Å². The largest absolute Gasteiger partial charge is 0.381 e. The van der Waals surface area contributed by atoms with Crippen molar-refractivity contribution in [2.45, 2.75) is 45.7 Å². The van der Waals surface area contributed by atoms with Gasteiger partial charge in [0, 0.05) is 25.2 Å². The average Bonchev–Trinajstić information content (AvgIpc) is 2.82. The molecule has 2 saturated heterocycles. The fourth-order valence-electron chi connectivity index (χ4n) is 3.02. The van der Waals surface area contributed by atoms with Crippen LogP contribution < -0.4 is 5.32 Å². The highest BCUT2D eigenvalue weighted by atomic mass is 16.5. The number of nitrogens with zero attached hydrogens (tertiary/aromatic N) is 1. The lowest BCUT2D eigenvalue weighted by atomic mass is 9.96. The molecule has 0 radical (unpaired) electrons. The summed E-state index contributed by atoms with van der Waals surface area (Å²) in [7, 11) is 0. The summed E-state index contributed by atoms with van der Waals surface area (Å²) in [5.74, 6) is 1.51. The van der Waals surface area contributed by atoms with Gasteiger partial charge in [0.1, 0.15) is 0 Å². The molecular weight excluding hydrogens is 212 g/mol. The Kier molecular flexibility index (Phi) is 4.83. The van der Waals surface area contributed by atoms with Crippen LogP contribution in [-0.4, -0.2) is 49.8 Å². The van der Waals surface area contributed by atoms with Crippen LogP contribution in [0.3, 0.4) is 0 Å². The Balaban J connectivity index is 1.91. The molecule has 0 saturated carbocycles. The van der Waals surface area contributed by atoms with E-state index < -0.39 is 0 Å². The van der Waals surface area contributed by atoms with Crippen LogP contribution in [-0.2, 0) is 4.74 Å². The second kappa shape index (κ2) is 6.17. The maximum atomic E-state index is 5.53. The molecule has 2 aliphatic heterocycles. The number of ether oxygens (including phenoxy) is 1. The predicted molar refractivity (Wildman–Crippen MR) is 71.2 cm³/mol. The summed E-state index contributed by atoms with van der Waals surface area (Å²) in [4.78, 5) is 2.70. The van der Waals surface area contributed by atoms with Gasteiger partial charge in [-0.3, -0.25) is 4.90 Å². The maximum Gasteiger partial charge on any atom is 0.0509 e. The number of hydrogen-bond acceptors (Lipinski definition) is 3. The highest BCUT2D eigenvalue weighted by Gasteiger charge is 2.28. The Morgan fingerprint density at radius 2 is 2.12 bits per heavy atom. The molecule has 0 aromatic heterocycles. The first-order valence-electron chi connectivity index (χ1n) is 7.22. The van der Waals surface area contributed by atoms with E-state index in [1.807, 2.05) is 0 Å². The molecule has 3 heteroatoms. The maximum absolute atomic E-state index is 5.53. The molecule has 1 N–H and O–H groups in total. The second-order valence-corrected chi connectivity index (χ2v) is 6.06. The summed E-state index contributed by atoms with van der Waals surface area (Å²) in [5, 5.41) is 3.61. The standard InChI is InChI=1S/C14H28N2O/c1-11-8-15-12(2)4-6-16(9-11)13(3)14-5-7-17-10-14/h11-15H,4-10H2,1-3H3. The van der Waals surface area contributed by atoms with Crippen molar-refractivity contribution in [2.75, 3.05) is 32.8 Å². The van der Waals surface area contributed by atoms with Gasteiger partial charge in [0.25, 0.3) is 0 Å². The lowest BCUT2D eigenvalue weighted by Crippen LogP contribution is -2.47. The van der Waals surface area contributed by atoms with E-state index >= 15 is 0 Å². The van der Waals surface area contributed by atoms with Gasteiger partial charge in [-0.2, -0.15) is 0 Å². The third kappa shape index (κ3) is 3.67. The van der Waals surface area contributed by atoms with E-state index in [-0.39, 0.29) is 0 Å². The Labute approximate surface area is 106 Å². The van der Waals surface area contributed by atoms with E-state index in [1.54, 1.807) is 0 Å². The summed E-state index contributed by atoms with van der Waals surface area (Å²) >= 11 is 0. The minimum absolute atomic E-state index is 0.660. The highest BCUT2D eigenvalue weighted by molar-refractivity contribution is 4.82. The van der Waals surface area contributed by atoms with E-state index in [2.05, 4.69) is 31.0 Å². The lowest BCUT2D eigenvalue weighted by Gasteiger charge is -2.37. The van der Waals surface area contributed by atoms with E-state index in [9.17, 15) is 0 Å². The second-order valence-electron chi connectivity index (χ2n) is 6.06. The Morgan fingerprint density at radius 1 is 1.29 bits per heavy atom. The normalized spacial score (nSPS) is 38.6. The minimum Gasteiger partial charge on any atom is -0.381 e. The van der Waals surface area contributed by atoms with Crippen molar-refractivity contribution < 1.29 is 4.74 Å². The number of nitrogens with one attached hydrogen (secondary N) is 1. The van der Waals surface area contributed by atoms with Crippen molar-refractivity contribution in [1.29, 1.82) is 0 Å². The van der Waals surface area contributed by atoms with E-state index in [1.165, 1.54) is 25.9 Å². The quantitative estimate of drug-likeness (QED) is 0.795. The van der Waals surface area contributed by atoms with E-state index in [0.717, 1.165) is 31.6 Å². The molecule has 0 aliphatic carbocycles. The third-order valence-corrected chi connectivity index (χ3v) is 4.43. The summed E-state index contributed by atoms with van der Waals surface area (Å²) < 4.78 is 5.53. The molecule has 0 aromatic carbocycles. The number of hydrogen-bond donors (Lipinski definition) is 1. The molecule has 100 valence electrons. The molecule has 0 aromatic rings. The number of rotatable bonds is 2. The molecule has 4 atom stereocenters. The fourth-order valence-corrected chi connectivity index (χ4v) is 3.02. The van der Waals surface area contributed by atoms with Crippen LogP contribution in [0.5, 0.6) is 0 Å². The zero-order valence-corrected chi connectivity index (χ0v) is 11.6. The van der Waals surface area contributed by atoms with Gasteiger partial charge in [-0.1, -0.05) is 6.92 Å². The van der Waals surface area contributed by atoms with Crippen LogP contribution in [0.1, 0.15) is 33.6 Å². The molecule has 0 bridgehead atoms. The third-order valence-electron chi connectivity index (χ3n) is 4.43. The molecule has 2 rings (SSSR count). The van der Waals surface area contributed by atoms with Crippen molar-refractivity contribution >= 4 is 0 Å². The fraction of sp³-hybridized carbons (Fsp3) is 1.00. The molecule has 0 spiro atoms. The first-order chi connectivity index (χ1) is 8.16. The summed E-state index contributed by atoms with van der Waals surface area (Å²) in [6.07, 6.45) is 2.52. The molecule has 4 unspecified atom stereocenters. The van der Waals surface area contributed by atoms with Gasteiger partial charge < -0.3 is 10.1 Å². The first-order valence-corrected chi connectivity index (χ1v) is 7.22. The summed E-state index contributed by atoms with van der Waals surface area (Å²) in [6, 6.07) is 1.34. The zero-order chi connectivity index (χ0) is 12.3. The van der Waals surface area contributed by atoms with E-state index in [0.29, 0.717) is 12.1 Å². The van der Waals surface area contributed by atoms with Gasteiger partial charge in [0.05, 0.1) is 6.61 Å². The Bertz CT molecular complexity index is 228. The van der Waals surface area contributed by atoms with E-state index in [4.69, 9.17) is 4.74 Å². The molecule has 2 heterocycles. The van der Waals surface area contributed by atoms with Gasteiger partial charge in [-0.15, -0.1) is 0 Å². The van der Waals surface area contributed by atoms with Gasteiger partial charge >= 0.3 is 0 Å². The molecule has 2 fully saturated rings. The lowest BCUT2D eigenvalue weighted by molar-refractivity contribution is 0.103. The minimum atomic E-state index is 0.660. The van der Waals surface area contributed by atoms with Gasteiger partial charge in [-0.25, -0.2) is 0 Å². The van der Waals surface area contributed by atoms with Crippen molar-refractivity contribution in [3.8, 4) is 0 Å². The zero-order valence-electron chi connectivity index (χ0n) is 11.6. The van der Waals surface area contributed by atoms with Crippen LogP contribution >= 0.6 is 0 Å². The van der Waals surface area contributed by atoms with Crippen molar-refractivity contribution in [3.05, 3.63) is 0 Å². The smallest absolute Gasteiger partial charge is 0.0509 e. The Hall–Kier alpha value is -0.120. The van der Waals surface area contributed by atoms with Crippen LogP contribution in [0.25, 0.3) is 0 Å². The van der Waals surface area contributed by atoms with Crippen LogP contribution in [0, 0.1) is 11.8 Å². The van der Waals surface area contributed by atoms with Crippen molar-refractivity contribution in [1.82, 2.24) is 10.2 Å². The molecule has 0 amide bonds. The van der Waals surface area contributed by atoms with Crippen LogP contribution in [0.2, 0.25) is 0 Å². The van der Waals surface area contributed by atoms with Gasteiger partial charge in [0.2, 0.25) is 0 Å². The van der Waals surface area contributed by atoms with Crippen LogP contribution in [0.4, 0.5) is 0 Å². The Morgan fingerprint density at radius 3 is 2.82 bits per heavy atom. The SMILES string of the molecule is CC1CNC(C)CCN(C(C)C2CCOC2)C1. The monoisotopic (exact) mass is 240 g/mol. The summed E-state index contributed by atoms with van der Waals surface area (Å²) in [6.45, 7) is 12.6. The highest BCUT2D eigenvalue weighted by Crippen LogP contribution is 2.22. The average molecular weight is 240 g/mol.